The molecular formula is C14H29N3O2. The van der Waals surface area contributed by atoms with Gasteiger partial charge in [0.25, 0.3) is 0 Å². The molecule has 0 aliphatic carbocycles. The van der Waals surface area contributed by atoms with Gasteiger partial charge in [0.1, 0.15) is 0 Å². The second-order valence-corrected chi connectivity index (χ2v) is 6.04. The molecule has 1 rings (SSSR count). The van der Waals surface area contributed by atoms with Gasteiger partial charge in [0.2, 0.25) is 5.91 Å². The van der Waals surface area contributed by atoms with Crippen LogP contribution < -0.4 is 11.1 Å². The minimum absolute atomic E-state index is 0.0457. The first-order chi connectivity index (χ1) is 8.88. The Morgan fingerprint density at radius 3 is 2.53 bits per heavy atom. The third kappa shape index (κ3) is 4.75. The summed E-state index contributed by atoms with van der Waals surface area (Å²) in [6.07, 6.45) is 0.918. The van der Waals surface area contributed by atoms with Crippen LogP contribution in [0.1, 0.15) is 34.1 Å². The van der Waals surface area contributed by atoms with E-state index in [9.17, 15) is 4.79 Å². The highest BCUT2D eigenvalue weighted by Crippen LogP contribution is 2.15. The maximum absolute atomic E-state index is 12.0. The van der Waals surface area contributed by atoms with E-state index in [1.54, 1.807) is 0 Å². The van der Waals surface area contributed by atoms with Crippen molar-refractivity contribution < 1.29 is 9.53 Å². The first-order valence-electron chi connectivity index (χ1n) is 7.24. The molecule has 112 valence electrons. The summed E-state index contributed by atoms with van der Waals surface area (Å²) in [4.78, 5) is 14.3. The van der Waals surface area contributed by atoms with Crippen molar-refractivity contribution in [3.8, 4) is 0 Å². The molecule has 1 aliphatic rings. The molecule has 1 amide bonds. The first-order valence-corrected chi connectivity index (χ1v) is 7.24. The molecule has 0 spiro atoms. The Bertz CT molecular complexity index is 288. The second-order valence-electron chi connectivity index (χ2n) is 6.04. The van der Waals surface area contributed by atoms with E-state index < -0.39 is 6.04 Å². The van der Waals surface area contributed by atoms with E-state index in [0.29, 0.717) is 6.54 Å². The Kier molecular flexibility index (Phi) is 6.23. The van der Waals surface area contributed by atoms with Crippen molar-refractivity contribution in [1.82, 2.24) is 10.2 Å². The van der Waals surface area contributed by atoms with Crippen LogP contribution in [0.15, 0.2) is 0 Å². The summed E-state index contributed by atoms with van der Waals surface area (Å²) in [6, 6.07) is -0.412. The molecule has 0 bridgehead atoms. The lowest BCUT2D eigenvalue weighted by atomic mass is 9.98. The average Bonchev–Trinajstić information content (AvgIpc) is 2.44. The lowest BCUT2D eigenvalue weighted by molar-refractivity contribution is -0.124. The van der Waals surface area contributed by atoms with E-state index in [2.05, 4.69) is 31.0 Å². The number of hydrogen-bond donors (Lipinski definition) is 2. The zero-order valence-corrected chi connectivity index (χ0v) is 12.7. The molecule has 1 heterocycles. The van der Waals surface area contributed by atoms with Crippen molar-refractivity contribution in [2.75, 3.05) is 32.8 Å². The summed E-state index contributed by atoms with van der Waals surface area (Å²) >= 11 is 0. The van der Waals surface area contributed by atoms with Gasteiger partial charge in [-0.3, -0.25) is 9.69 Å². The van der Waals surface area contributed by atoms with Crippen LogP contribution in [0.3, 0.4) is 0 Å². The molecule has 1 saturated heterocycles. The smallest absolute Gasteiger partial charge is 0.237 e. The third-order valence-electron chi connectivity index (χ3n) is 4.12. The number of ether oxygens (including phenoxy) is 1. The predicted molar refractivity (Wildman–Crippen MR) is 76.9 cm³/mol. The van der Waals surface area contributed by atoms with E-state index in [-0.39, 0.29) is 17.4 Å². The minimum Gasteiger partial charge on any atom is -0.379 e. The zero-order chi connectivity index (χ0) is 14.5. The summed E-state index contributed by atoms with van der Waals surface area (Å²) in [6.45, 7) is 12.3. The quantitative estimate of drug-likeness (QED) is 0.742. The van der Waals surface area contributed by atoms with Crippen molar-refractivity contribution in [3.63, 3.8) is 0 Å². The highest BCUT2D eigenvalue weighted by molar-refractivity contribution is 5.81. The van der Waals surface area contributed by atoms with Gasteiger partial charge in [-0.25, -0.2) is 0 Å². The maximum atomic E-state index is 12.0. The summed E-state index contributed by atoms with van der Waals surface area (Å²) in [5, 5.41) is 2.99. The Morgan fingerprint density at radius 2 is 2.00 bits per heavy atom. The number of nitrogens with one attached hydrogen (secondary N) is 1. The van der Waals surface area contributed by atoms with Crippen molar-refractivity contribution in [3.05, 3.63) is 0 Å². The summed E-state index contributed by atoms with van der Waals surface area (Å²) in [7, 11) is 0. The number of nitrogens with zero attached hydrogens (tertiary/aromatic N) is 1. The lowest BCUT2D eigenvalue weighted by Gasteiger charge is -2.41. The van der Waals surface area contributed by atoms with Gasteiger partial charge in [-0.2, -0.15) is 0 Å². The van der Waals surface area contributed by atoms with Gasteiger partial charge in [-0.1, -0.05) is 20.3 Å². The van der Waals surface area contributed by atoms with E-state index in [4.69, 9.17) is 10.5 Å². The topological polar surface area (TPSA) is 67.6 Å². The molecular weight excluding hydrogens is 242 g/mol. The van der Waals surface area contributed by atoms with Crippen molar-refractivity contribution >= 4 is 5.91 Å². The van der Waals surface area contributed by atoms with Crippen LogP contribution in [-0.2, 0) is 9.53 Å². The number of hydrogen-bond acceptors (Lipinski definition) is 4. The molecule has 5 nitrogen and oxygen atoms in total. The number of nitrogens with two attached hydrogens (primary N) is 1. The summed E-state index contributed by atoms with van der Waals surface area (Å²) in [5.41, 5.74) is 5.87. The fraction of sp³-hybridized carbons (Fsp3) is 0.929. The number of amides is 1. The van der Waals surface area contributed by atoms with Gasteiger partial charge < -0.3 is 15.8 Å². The molecule has 0 aromatic heterocycles. The predicted octanol–water partition coefficient (Wildman–Crippen LogP) is 0.587. The van der Waals surface area contributed by atoms with Gasteiger partial charge in [0, 0.05) is 25.2 Å². The molecule has 1 aliphatic heterocycles. The molecule has 2 unspecified atom stereocenters. The first kappa shape index (κ1) is 16.4. The van der Waals surface area contributed by atoms with E-state index >= 15 is 0 Å². The van der Waals surface area contributed by atoms with Crippen LogP contribution in [0.25, 0.3) is 0 Å². The van der Waals surface area contributed by atoms with Gasteiger partial charge in [0.05, 0.1) is 19.3 Å². The van der Waals surface area contributed by atoms with Crippen LogP contribution in [0.5, 0.6) is 0 Å². The van der Waals surface area contributed by atoms with E-state index in [0.717, 1.165) is 32.7 Å². The average molecular weight is 271 g/mol. The van der Waals surface area contributed by atoms with Gasteiger partial charge in [-0.15, -0.1) is 0 Å². The van der Waals surface area contributed by atoms with Crippen molar-refractivity contribution in [1.29, 1.82) is 0 Å². The van der Waals surface area contributed by atoms with E-state index in [1.165, 1.54) is 0 Å². The van der Waals surface area contributed by atoms with Crippen LogP contribution in [0, 0.1) is 5.92 Å². The minimum atomic E-state index is -0.412. The van der Waals surface area contributed by atoms with Crippen LogP contribution in [-0.4, -0.2) is 55.2 Å². The van der Waals surface area contributed by atoms with Gasteiger partial charge in [-0.05, 0) is 19.8 Å². The summed E-state index contributed by atoms with van der Waals surface area (Å²) < 4.78 is 5.36. The van der Waals surface area contributed by atoms with E-state index in [1.807, 2.05) is 6.92 Å². The molecule has 5 heteroatoms. The lowest BCUT2D eigenvalue weighted by Crippen LogP contribution is -2.57. The third-order valence-corrected chi connectivity index (χ3v) is 4.12. The molecule has 0 radical (unpaired) electrons. The number of carbonyl (C=O) groups excluding carboxylic acids is 1. The Hall–Kier alpha value is -0.650. The number of carbonyl (C=O) groups is 1. The van der Waals surface area contributed by atoms with Crippen LogP contribution in [0.4, 0.5) is 0 Å². The van der Waals surface area contributed by atoms with Gasteiger partial charge >= 0.3 is 0 Å². The SMILES string of the molecule is CCC(C)C(N)C(=O)NCC(C)(C)N1CCOCC1. The Morgan fingerprint density at radius 1 is 1.42 bits per heavy atom. The second kappa shape index (κ2) is 7.22. The molecule has 0 saturated carbocycles. The van der Waals surface area contributed by atoms with Crippen LogP contribution in [0.2, 0.25) is 0 Å². The van der Waals surface area contributed by atoms with Crippen molar-refractivity contribution in [2.24, 2.45) is 11.7 Å². The Labute approximate surface area is 116 Å². The fourth-order valence-electron chi connectivity index (χ4n) is 2.21. The molecule has 1 fully saturated rings. The Balaban J connectivity index is 2.43. The summed E-state index contributed by atoms with van der Waals surface area (Å²) in [5.74, 6) is 0.169. The molecule has 3 N–H and O–H groups in total. The molecule has 2 atom stereocenters. The number of rotatable bonds is 6. The molecule has 19 heavy (non-hydrogen) atoms. The molecule has 0 aromatic rings. The number of morpholine rings is 1. The zero-order valence-electron chi connectivity index (χ0n) is 12.7. The maximum Gasteiger partial charge on any atom is 0.237 e. The highest BCUT2D eigenvalue weighted by atomic mass is 16.5. The standard InChI is InChI=1S/C14H29N3O2/c1-5-11(2)12(15)13(18)16-10-14(3,4)17-6-8-19-9-7-17/h11-12H,5-10,15H2,1-4H3,(H,16,18). The molecule has 0 aromatic carbocycles. The van der Waals surface area contributed by atoms with Crippen molar-refractivity contribution in [2.45, 2.75) is 45.7 Å². The fourth-order valence-corrected chi connectivity index (χ4v) is 2.21. The monoisotopic (exact) mass is 271 g/mol. The normalized spacial score (nSPS) is 20.9. The largest absolute Gasteiger partial charge is 0.379 e. The van der Waals surface area contributed by atoms with Gasteiger partial charge in [0.15, 0.2) is 0 Å². The highest BCUT2D eigenvalue weighted by Gasteiger charge is 2.29. The van der Waals surface area contributed by atoms with Crippen LogP contribution >= 0.6 is 0 Å².